The highest BCUT2D eigenvalue weighted by molar-refractivity contribution is 5.78. The SMILES string of the molecule is CCC(CC)(CO)CNC1CNC(=O)C1. The van der Waals surface area contributed by atoms with Crippen molar-refractivity contribution in [1.29, 1.82) is 0 Å². The molecule has 1 aliphatic rings. The number of hydrogen-bond acceptors (Lipinski definition) is 3. The molecule has 1 fully saturated rings. The van der Waals surface area contributed by atoms with Crippen LogP contribution < -0.4 is 10.6 Å². The van der Waals surface area contributed by atoms with Crippen LogP contribution >= 0.6 is 0 Å². The van der Waals surface area contributed by atoms with Gasteiger partial charge in [-0.05, 0) is 12.8 Å². The molecule has 0 saturated carbocycles. The van der Waals surface area contributed by atoms with Gasteiger partial charge in [-0.3, -0.25) is 4.79 Å². The minimum Gasteiger partial charge on any atom is -0.396 e. The first-order chi connectivity index (χ1) is 7.15. The maximum atomic E-state index is 11.0. The van der Waals surface area contributed by atoms with Crippen LogP contribution in [0, 0.1) is 5.41 Å². The summed E-state index contributed by atoms with van der Waals surface area (Å²) in [6.07, 6.45) is 2.48. The molecule has 1 atom stereocenters. The van der Waals surface area contributed by atoms with Crippen LogP contribution in [0.3, 0.4) is 0 Å². The van der Waals surface area contributed by atoms with Crippen LogP contribution in [-0.4, -0.2) is 36.8 Å². The maximum absolute atomic E-state index is 11.0. The first-order valence-corrected chi connectivity index (χ1v) is 5.76. The van der Waals surface area contributed by atoms with Crippen molar-refractivity contribution >= 4 is 5.91 Å². The van der Waals surface area contributed by atoms with Crippen molar-refractivity contribution in [3.05, 3.63) is 0 Å². The van der Waals surface area contributed by atoms with Crippen molar-refractivity contribution in [2.24, 2.45) is 5.41 Å². The van der Waals surface area contributed by atoms with Gasteiger partial charge in [-0.25, -0.2) is 0 Å². The summed E-state index contributed by atoms with van der Waals surface area (Å²) in [5.41, 5.74) is -0.0222. The van der Waals surface area contributed by atoms with Crippen molar-refractivity contribution in [3.63, 3.8) is 0 Å². The molecule has 1 rings (SSSR count). The van der Waals surface area contributed by atoms with Gasteiger partial charge in [0.15, 0.2) is 0 Å². The Labute approximate surface area is 91.4 Å². The van der Waals surface area contributed by atoms with Crippen molar-refractivity contribution in [3.8, 4) is 0 Å². The zero-order valence-electron chi connectivity index (χ0n) is 9.68. The number of amides is 1. The van der Waals surface area contributed by atoms with Crippen LogP contribution in [-0.2, 0) is 4.79 Å². The van der Waals surface area contributed by atoms with E-state index in [9.17, 15) is 9.90 Å². The Morgan fingerprint density at radius 3 is 2.60 bits per heavy atom. The third kappa shape index (κ3) is 3.18. The highest BCUT2D eigenvalue weighted by Crippen LogP contribution is 2.24. The molecule has 4 nitrogen and oxygen atoms in total. The molecule has 3 N–H and O–H groups in total. The van der Waals surface area contributed by atoms with Crippen molar-refractivity contribution < 1.29 is 9.90 Å². The Morgan fingerprint density at radius 1 is 1.53 bits per heavy atom. The molecule has 1 saturated heterocycles. The third-order valence-electron chi connectivity index (χ3n) is 3.58. The largest absolute Gasteiger partial charge is 0.396 e. The summed E-state index contributed by atoms with van der Waals surface area (Å²) in [4.78, 5) is 11.0. The molecule has 0 aromatic heterocycles. The van der Waals surface area contributed by atoms with Crippen LogP contribution in [0.25, 0.3) is 0 Å². The van der Waals surface area contributed by atoms with E-state index in [1.165, 1.54) is 0 Å². The average molecular weight is 214 g/mol. The number of nitrogens with one attached hydrogen (secondary N) is 2. The minimum atomic E-state index is -0.0222. The first-order valence-electron chi connectivity index (χ1n) is 5.76. The molecule has 0 aliphatic carbocycles. The lowest BCUT2D eigenvalue weighted by Gasteiger charge is -2.30. The number of aliphatic hydroxyl groups excluding tert-OH is 1. The molecule has 0 radical (unpaired) electrons. The molecule has 0 bridgehead atoms. The summed E-state index contributed by atoms with van der Waals surface area (Å²) in [6, 6.07) is 0.238. The third-order valence-corrected chi connectivity index (χ3v) is 3.58. The van der Waals surface area contributed by atoms with Gasteiger partial charge in [0, 0.05) is 37.6 Å². The molecular weight excluding hydrogens is 192 g/mol. The van der Waals surface area contributed by atoms with E-state index in [4.69, 9.17) is 0 Å². The molecule has 1 unspecified atom stereocenters. The Morgan fingerprint density at radius 2 is 2.20 bits per heavy atom. The van der Waals surface area contributed by atoms with E-state index in [0.717, 1.165) is 19.4 Å². The monoisotopic (exact) mass is 214 g/mol. The zero-order chi connectivity index (χ0) is 11.3. The molecule has 4 heteroatoms. The quantitative estimate of drug-likeness (QED) is 0.594. The van der Waals surface area contributed by atoms with Gasteiger partial charge in [0.05, 0.1) is 0 Å². The molecule has 1 amide bonds. The van der Waals surface area contributed by atoms with Gasteiger partial charge in [-0.15, -0.1) is 0 Å². The van der Waals surface area contributed by atoms with E-state index >= 15 is 0 Å². The molecule has 88 valence electrons. The predicted molar refractivity (Wildman–Crippen MR) is 59.5 cm³/mol. The Hall–Kier alpha value is -0.610. The van der Waals surface area contributed by atoms with Gasteiger partial charge in [0.25, 0.3) is 0 Å². The van der Waals surface area contributed by atoms with E-state index in [2.05, 4.69) is 24.5 Å². The fraction of sp³-hybridized carbons (Fsp3) is 0.909. The van der Waals surface area contributed by atoms with E-state index < -0.39 is 0 Å². The van der Waals surface area contributed by atoms with Crippen LogP contribution in [0.1, 0.15) is 33.1 Å². The van der Waals surface area contributed by atoms with Crippen molar-refractivity contribution in [1.82, 2.24) is 10.6 Å². The zero-order valence-corrected chi connectivity index (χ0v) is 9.68. The second-order valence-electron chi connectivity index (χ2n) is 4.45. The highest BCUT2D eigenvalue weighted by Gasteiger charge is 2.28. The summed E-state index contributed by atoms with van der Waals surface area (Å²) in [5.74, 6) is 0.120. The smallest absolute Gasteiger partial charge is 0.221 e. The minimum absolute atomic E-state index is 0.0222. The van der Waals surface area contributed by atoms with Gasteiger partial charge < -0.3 is 15.7 Å². The molecule has 1 aliphatic heterocycles. The highest BCUT2D eigenvalue weighted by atomic mass is 16.3. The van der Waals surface area contributed by atoms with Crippen LogP contribution in [0.4, 0.5) is 0 Å². The van der Waals surface area contributed by atoms with E-state index in [1.54, 1.807) is 0 Å². The lowest BCUT2D eigenvalue weighted by molar-refractivity contribution is -0.119. The predicted octanol–water partition coefficient (Wildman–Crippen LogP) is 0.263. The van der Waals surface area contributed by atoms with E-state index in [1.807, 2.05) is 0 Å². The van der Waals surface area contributed by atoms with Gasteiger partial charge in [0.2, 0.25) is 5.91 Å². The second kappa shape index (κ2) is 5.47. The summed E-state index contributed by atoms with van der Waals surface area (Å²) < 4.78 is 0. The number of aliphatic hydroxyl groups is 1. The molecule has 15 heavy (non-hydrogen) atoms. The van der Waals surface area contributed by atoms with Crippen LogP contribution in [0.2, 0.25) is 0 Å². The van der Waals surface area contributed by atoms with Gasteiger partial charge in [0.1, 0.15) is 0 Å². The summed E-state index contributed by atoms with van der Waals surface area (Å²) in [6.45, 7) is 5.91. The summed E-state index contributed by atoms with van der Waals surface area (Å²) in [5, 5.41) is 15.5. The fourth-order valence-corrected chi connectivity index (χ4v) is 1.89. The van der Waals surface area contributed by atoms with Crippen LogP contribution in [0.5, 0.6) is 0 Å². The average Bonchev–Trinajstić information content (AvgIpc) is 2.67. The molecule has 0 aromatic carbocycles. The lowest BCUT2D eigenvalue weighted by atomic mass is 9.83. The van der Waals surface area contributed by atoms with Crippen LogP contribution in [0.15, 0.2) is 0 Å². The van der Waals surface area contributed by atoms with Crippen molar-refractivity contribution in [2.75, 3.05) is 19.7 Å². The Kier molecular flexibility index (Phi) is 4.54. The van der Waals surface area contributed by atoms with Gasteiger partial charge in [-0.1, -0.05) is 13.8 Å². The topological polar surface area (TPSA) is 61.4 Å². The molecular formula is C11H22N2O2. The lowest BCUT2D eigenvalue weighted by Crippen LogP contribution is -2.42. The molecule has 1 heterocycles. The second-order valence-corrected chi connectivity index (χ2v) is 4.45. The fourth-order valence-electron chi connectivity index (χ4n) is 1.89. The standard InChI is InChI=1S/C11H22N2O2/c1-3-11(4-2,8-14)7-13-9-5-10(15)12-6-9/h9,13-14H,3-8H2,1-2H3,(H,12,15). The number of carbonyl (C=O) groups is 1. The van der Waals surface area contributed by atoms with E-state index in [-0.39, 0.29) is 24.0 Å². The summed E-state index contributed by atoms with van der Waals surface area (Å²) >= 11 is 0. The maximum Gasteiger partial charge on any atom is 0.221 e. The first kappa shape index (κ1) is 12.5. The summed E-state index contributed by atoms with van der Waals surface area (Å²) in [7, 11) is 0. The normalized spacial score (nSPS) is 21.8. The number of carbonyl (C=O) groups excluding carboxylic acids is 1. The Bertz CT molecular complexity index is 206. The van der Waals surface area contributed by atoms with E-state index in [0.29, 0.717) is 13.0 Å². The van der Waals surface area contributed by atoms with Crippen molar-refractivity contribution in [2.45, 2.75) is 39.2 Å². The van der Waals surface area contributed by atoms with Gasteiger partial charge >= 0.3 is 0 Å². The number of hydrogen-bond donors (Lipinski definition) is 3. The number of rotatable bonds is 6. The molecule has 0 aromatic rings. The Balaban J connectivity index is 2.36. The molecule has 0 spiro atoms. The van der Waals surface area contributed by atoms with Gasteiger partial charge in [-0.2, -0.15) is 0 Å².